The van der Waals surface area contributed by atoms with Crippen LogP contribution in [0.1, 0.15) is 31.9 Å². The summed E-state index contributed by atoms with van der Waals surface area (Å²) in [6.07, 6.45) is 1.27. The molecule has 2 N–H and O–H groups in total. The molecule has 1 aromatic carbocycles. The molecule has 0 radical (unpaired) electrons. The second-order valence-corrected chi connectivity index (χ2v) is 6.23. The molecule has 2 aromatic rings. The van der Waals surface area contributed by atoms with Crippen LogP contribution < -0.4 is 9.47 Å². The van der Waals surface area contributed by atoms with Gasteiger partial charge in [0.1, 0.15) is 0 Å². The van der Waals surface area contributed by atoms with E-state index in [1.54, 1.807) is 6.92 Å². The number of rotatable bonds is 9. The largest absolute Gasteiger partial charge is 0.503 e. The number of aromatic hydroxyl groups is 1. The lowest BCUT2D eigenvalue weighted by atomic mass is 10.1. The number of oxime groups is 1. The van der Waals surface area contributed by atoms with Gasteiger partial charge in [-0.3, -0.25) is 0 Å². The van der Waals surface area contributed by atoms with Crippen molar-refractivity contribution in [2.24, 2.45) is 5.16 Å². The van der Waals surface area contributed by atoms with E-state index in [9.17, 15) is 14.3 Å². The minimum absolute atomic E-state index is 0.0944. The van der Waals surface area contributed by atoms with Gasteiger partial charge in [0, 0.05) is 17.3 Å². The van der Waals surface area contributed by atoms with Crippen molar-refractivity contribution in [1.82, 2.24) is 4.98 Å². The first-order chi connectivity index (χ1) is 13.7. The lowest BCUT2D eigenvalue weighted by Gasteiger charge is -2.11. The topological polar surface area (TPSA) is 110 Å². The van der Waals surface area contributed by atoms with E-state index in [1.807, 2.05) is 13.8 Å². The lowest BCUT2D eigenvalue weighted by Crippen LogP contribution is -2.10. The predicted octanol–water partition coefficient (Wildman–Crippen LogP) is 3.59. The number of ether oxygens (including phenoxy) is 2. The zero-order valence-electron chi connectivity index (χ0n) is 16.2. The SMILES string of the molecule is C=C(O/N=C(\C)c1ccc(OCC(=O)O)c(F)c1)c1cnc(OC(C)C)c(O)c1. The first kappa shape index (κ1) is 21.7. The third-order valence-electron chi connectivity index (χ3n) is 3.50. The molecule has 1 heterocycles. The Balaban J connectivity index is 2.07. The van der Waals surface area contributed by atoms with Crippen LogP contribution in [0.2, 0.25) is 0 Å². The summed E-state index contributed by atoms with van der Waals surface area (Å²) >= 11 is 0. The number of hydrogen-bond acceptors (Lipinski definition) is 7. The second-order valence-electron chi connectivity index (χ2n) is 6.23. The van der Waals surface area contributed by atoms with Crippen LogP contribution in [0.3, 0.4) is 0 Å². The average Bonchev–Trinajstić information content (AvgIpc) is 2.65. The fraction of sp³-hybridized carbons (Fsp3) is 0.250. The van der Waals surface area contributed by atoms with Crippen molar-refractivity contribution in [1.29, 1.82) is 0 Å². The number of halogens is 1. The molecule has 0 aliphatic carbocycles. The molecule has 0 aliphatic heterocycles. The number of nitrogens with zero attached hydrogens (tertiary/aromatic N) is 2. The highest BCUT2D eigenvalue weighted by Crippen LogP contribution is 2.27. The van der Waals surface area contributed by atoms with E-state index in [2.05, 4.69) is 16.7 Å². The molecular formula is C20H21FN2O6. The summed E-state index contributed by atoms with van der Waals surface area (Å²) in [7, 11) is 0. The molecule has 0 amide bonds. The van der Waals surface area contributed by atoms with Crippen molar-refractivity contribution < 1.29 is 33.7 Å². The number of aromatic nitrogens is 1. The van der Waals surface area contributed by atoms with Gasteiger partial charge in [-0.05, 0) is 45.0 Å². The summed E-state index contributed by atoms with van der Waals surface area (Å²) in [5, 5.41) is 22.4. The van der Waals surface area contributed by atoms with Crippen molar-refractivity contribution in [2.45, 2.75) is 26.9 Å². The van der Waals surface area contributed by atoms with Crippen molar-refractivity contribution in [2.75, 3.05) is 6.61 Å². The fourth-order valence-electron chi connectivity index (χ4n) is 2.12. The van der Waals surface area contributed by atoms with Crippen molar-refractivity contribution in [3.63, 3.8) is 0 Å². The molecule has 0 atom stereocenters. The minimum Gasteiger partial charge on any atom is -0.503 e. The first-order valence-electron chi connectivity index (χ1n) is 8.58. The average molecular weight is 404 g/mol. The van der Waals surface area contributed by atoms with E-state index in [-0.39, 0.29) is 29.2 Å². The summed E-state index contributed by atoms with van der Waals surface area (Å²) in [5.74, 6) is -2.07. The molecule has 8 nitrogen and oxygen atoms in total. The number of carbonyl (C=O) groups is 1. The Morgan fingerprint density at radius 1 is 1.31 bits per heavy atom. The van der Waals surface area contributed by atoms with E-state index in [1.165, 1.54) is 24.4 Å². The van der Waals surface area contributed by atoms with Gasteiger partial charge in [-0.15, -0.1) is 0 Å². The van der Waals surface area contributed by atoms with E-state index in [4.69, 9.17) is 19.4 Å². The molecule has 0 bridgehead atoms. The quantitative estimate of drug-likeness (QED) is 0.373. The van der Waals surface area contributed by atoms with Crippen molar-refractivity contribution in [3.05, 3.63) is 54.0 Å². The number of aliphatic carboxylic acids is 1. The molecule has 0 aliphatic rings. The highest BCUT2D eigenvalue weighted by Gasteiger charge is 2.12. The molecular weight excluding hydrogens is 383 g/mol. The van der Waals surface area contributed by atoms with Gasteiger partial charge in [0.2, 0.25) is 0 Å². The molecule has 9 heteroatoms. The van der Waals surface area contributed by atoms with Crippen LogP contribution in [-0.2, 0) is 9.63 Å². The van der Waals surface area contributed by atoms with E-state index in [0.717, 1.165) is 6.07 Å². The summed E-state index contributed by atoms with van der Waals surface area (Å²) in [6.45, 7) is 8.29. The predicted molar refractivity (Wildman–Crippen MR) is 104 cm³/mol. The second kappa shape index (κ2) is 9.54. The van der Waals surface area contributed by atoms with Crippen LogP contribution in [0.4, 0.5) is 4.39 Å². The number of benzene rings is 1. The van der Waals surface area contributed by atoms with Crippen LogP contribution in [0.25, 0.3) is 5.76 Å². The van der Waals surface area contributed by atoms with Gasteiger partial charge in [0.25, 0.3) is 5.88 Å². The Bertz CT molecular complexity index is 943. The van der Waals surface area contributed by atoms with Gasteiger partial charge in [-0.1, -0.05) is 11.7 Å². The Morgan fingerprint density at radius 2 is 2.03 bits per heavy atom. The molecule has 0 saturated carbocycles. The summed E-state index contributed by atoms with van der Waals surface area (Å²) in [5.41, 5.74) is 1.13. The van der Waals surface area contributed by atoms with Crippen LogP contribution >= 0.6 is 0 Å². The van der Waals surface area contributed by atoms with Gasteiger partial charge in [-0.2, -0.15) is 0 Å². The number of pyridine rings is 1. The third kappa shape index (κ3) is 6.20. The van der Waals surface area contributed by atoms with Crippen LogP contribution in [0.5, 0.6) is 17.4 Å². The summed E-state index contributed by atoms with van der Waals surface area (Å²) < 4.78 is 24.2. The smallest absolute Gasteiger partial charge is 0.341 e. The van der Waals surface area contributed by atoms with E-state index in [0.29, 0.717) is 16.8 Å². The van der Waals surface area contributed by atoms with E-state index >= 15 is 0 Å². The van der Waals surface area contributed by atoms with Crippen molar-refractivity contribution in [3.8, 4) is 17.4 Å². The molecule has 154 valence electrons. The van der Waals surface area contributed by atoms with Gasteiger partial charge in [0.15, 0.2) is 29.7 Å². The monoisotopic (exact) mass is 404 g/mol. The molecule has 29 heavy (non-hydrogen) atoms. The summed E-state index contributed by atoms with van der Waals surface area (Å²) in [4.78, 5) is 19.7. The maximum absolute atomic E-state index is 14.0. The summed E-state index contributed by atoms with van der Waals surface area (Å²) in [6, 6.07) is 5.34. The van der Waals surface area contributed by atoms with Gasteiger partial charge >= 0.3 is 5.97 Å². The number of carboxylic acids is 1. The molecule has 2 rings (SSSR count). The maximum atomic E-state index is 14.0. The Morgan fingerprint density at radius 3 is 2.62 bits per heavy atom. The van der Waals surface area contributed by atoms with Crippen molar-refractivity contribution >= 4 is 17.4 Å². The Kier molecular flexibility index (Phi) is 7.13. The van der Waals surface area contributed by atoms with Gasteiger partial charge in [-0.25, -0.2) is 14.2 Å². The zero-order valence-corrected chi connectivity index (χ0v) is 16.2. The molecule has 1 aromatic heterocycles. The van der Waals surface area contributed by atoms with Gasteiger partial charge in [0.05, 0.1) is 11.8 Å². The fourth-order valence-corrected chi connectivity index (χ4v) is 2.12. The van der Waals surface area contributed by atoms with Gasteiger partial charge < -0.3 is 24.5 Å². The van der Waals surface area contributed by atoms with Crippen LogP contribution in [0, 0.1) is 5.82 Å². The molecule has 0 unspecified atom stereocenters. The standard InChI is InChI=1S/C20H21FN2O6/c1-11(2)28-20-17(24)8-15(9-22-20)13(4)29-23-12(3)14-5-6-18(16(21)7-14)27-10-19(25)26/h5-9,11,24H,4,10H2,1-3H3,(H,25,26)/b23-12+. The van der Waals surface area contributed by atoms with Crippen LogP contribution in [0.15, 0.2) is 42.2 Å². The Hall–Kier alpha value is -3.62. The molecule has 0 spiro atoms. The van der Waals surface area contributed by atoms with E-state index < -0.39 is 18.4 Å². The highest BCUT2D eigenvalue weighted by atomic mass is 19.1. The normalized spacial score (nSPS) is 11.3. The minimum atomic E-state index is -1.21. The zero-order chi connectivity index (χ0) is 21.6. The third-order valence-corrected chi connectivity index (χ3v) is 3.50. The van der Waals surface area contributed by atoms with Crippen LogP contribution in [-0.4, -0.2) is 39.6 Å². The molecule has 0 fully saturated rings. The number of hydrogen-bond donors (Lipinski definition) is 2. The first-order valence-corrected chi connectivity index (χ1v) is 8.58. The molecule has 0 saturated heterocycles. The number of carboxylic acid groups (broad SMARTS) is 1. The lowest BCUT2D eigenvalue weighted by molar-refractivity contribution is -0.139. The maximum Gasteiger partial charge on any atom is 0.341 e. The Labute approximate surface area is 166 Å². The highest BCUT2D eigenvalue weighted by molar-refractivity contribution is 5.98.